The quantitative estimate of drug-likeness (QED) is 0.628. The van der Waals surface area contributed by atoms with Crippen LogP contribution in [0.25, 0.3) is 0 Å². The second kappa shape index (κ2) is 6.41. The monoisotopic (exact) mass is 288 g/mol. The smallest absolute Gasteiger partial charge is 0.316 e. The molecule has 0 bridgehead atoms. The normalized spacial score (nSPS) is 14.9. The second-order valence-corrected chi connectivity index (χ2v) is 5.14. The Morgan fingerprint density at radius 3 is 2.33 bits per heavy atom. The van der Waals surface area contributed by atoms with Gasteiger partial charge in [0.1, 0.15) is 0 Å². The summed E-state index contributed by atoms with van der Waals surface area (Å²) in [5, 5.41) is 8.59. The van der Waals surface area contributed by atoms with Gasteiger partial charge in [0.15, 0.2) is 0 Å². The molecule has 0 aromatic heterocycles. The van der Waals surface area contributed by atoms with E-state index in [1.807, 2.05) is 26.0 Å². The number of urea groups is 1. The first-order valence-corrected chi connectivity index (χ1v) is 6.84. The van der Waals surface area contributed by atoms with E-state index in [4.69, 9.17) is 5.73 Å². The summed E-state index contributed by atoms with van der Waals surface area (Å²) < 4.78 is 0. The van der Waals surface area contributed by atoms with Gasteiger partial charge in [-0.2, -0.15) is 0 Å². The van der Waals surface area contributed by atoms with Crippen LogP contribution in [-0.2, 0) is 4.79 Å². The molecule has 21 heavy (non-hydrogen) atoms. The van der Waals surface area contributed by atoms with Crippen molar-refractivity contribution in [2.24, 2.45) is 5.73 Å². The van der Waals surface area contributed by atoms with Crippen LogP contribution >= 0.6 is 0 Å². The van der Waals surface area contributed by atoms with Crippen LogP contribution in [0.15, 0.2) is 35.4 Å². The molecule has 0 spiro atoms. The standard InChI is InChI=1S/C15H20N4O2/c1-9(12-7-17-8-12)14(20)18-10(2)11-3-5-13(6-4-11)19-15(16)21/h3-6,10,17H,7-8H2,1-2H3,(H,18,20)(H3,16,19,21). The van der Waals surface area contributed by atoms with Gasteiger partial charge in [0, 0.05) is 24.4 Å². The molecule has 1 saturated heterocycles. The van der Waals surface area contributed by atoms with Gasteiger partial charge < -0.3 is 21.7 Å². The number of anilines is 1. The van der Waals surface area contributed by atoms with Crippen molar-refractivity contribution in [1.82, 2.24) is 10.6 Å². The lowest BCUT2D eigenvalue weighted by Crippen LogP contribution is -2.38. The van der Waals surface area contributed by atoms with Crippen molar-refractivity contribution < 1.29 is 9.59 Å². The fraction of sp³-hybridized carbons (Fsp3) is 0.333. The molecule has 1 unspecified atom stereocenters. The molecule has 0 saturated carbocycles. The van der Waals surface area contributed by atoms with Crippen molar-refractivity contribution in [2.75, 3.05) is 18.4 Å². The number of hydrogen-bond acceptors (Lipinski definition) is 3. The van der Waals surface area contributed by atoms with Crippen LogP contribution in [0.2, 0.25) is 0 Å². The van der Waals surface area contributed by atoms with Crippen LogP contribution in [0.5, 0.6) is 0 Å². The number of rotatable bonds is 4. The number of nitrogens with two attached hydrogens (primary N) is 1. The van der Waals surface area contributed by atoms with E-state index < -0.39 is 6.03 Å². The number of hydrogen-bond donors (Lipinski definition) is 4. The predicted molar refractivity (Wildman–Crippen MR) is 81.8 cm³/mol. The predicted octanol–water partition coefficient (Wildman–Crippen LogP) is 1.27. The third-order valence-corrected chi connectivity index (χ3v) is 3.57. The van der Waals surface area contributed by atoms with E-state index in [0.717, 1.165) is 29.8 Å². The van der Waals surface area contributed by atoms with Crippen molar-refractivity contribution in [1.29, 1.82) is 0 Å². The fourth-order valence-electron chi connectivity index (χ4n) is 2.06. The van der Waals surface area contributed by atoms with E-state index >= 15 is 0 Å². The highest BCUT2D eigenvalue weighted by molar-refractivity contribution is 5.94. The lowest BCUT2D eigenvalue weighted by Gasteiger charge is -2.22. The number of nitrogens with one attached hydrogen (secondary N) is 3. The Bertz CT molecular complexity index is 572. The maximum absolute atomic E-state index is 12.1. The van der Waals surface area contributed by atoms with Gasteiger partial charge in [-0.15, -0.1) is 0 Å². The Morgan fingerprint density at radius 1 is 1.24 bits per heavy atom. The molecule has 112 valence electrons. The molecule has 0 radical (unpaired) electrons. The van der Waals surface area contributed by atoms with Crippen LogP contribution in [0.4, 0.5) is 10.5 Å². The number of benzene rings is 1. The molecule has 1 fully saturated rings. The lowest BCUT2D eigenvalue weighted by molar-refractivity contribution is -0.118. The molecule has 2 rings (SSSR count). The second-order valence-electron chi connectivity index (χ2n) is 5.14. The van der Waals surface area contributed by atoms with Crippen LogP contribution in [0.3, 0.4) is 0 Å². The van der Waals surface area contributed by atoms with Gasteiger partial charge in [-0.05, 0) is 37.1 Å². The largest absolute Gasteiger partial charge is 0.351 e. The van der Waals surface area contributed by atoms with Gasteiger partial charge >= 0.3 is 6.03 Å². The number of primary amides is 1. The van der Waals surface area contributed by atoms with Gasteiger partial charge in [-0.1, -0.05) is 12.1 Å². The minimum absolute atomic E-state index is 0.0432. The van der Waals surface area contributed by atoms with Crippen molar-refractivity contribution in [3.05, 3.63) is 41.0 Å². The summed E-state index contributed by atoms with van der Waals surface area (Å²) in [4.78, 5) is 22.9. The molecule has 6 nitrogen and oxygen atoms in total. The summed E-state index contributed by atoms with van der Waals surface area (Å²) in [6.07, 6.45) is 0. The van der Waals surface area contributed by atoms with Crippen LogP contribution in [0.1, 0.15) is 25.5 Å². The Balaban J connectivity index is 1.98. The third-order valence-electron chi connectivity index (χ3n) is 3.57. The highest BCUT2D eigenvalue weighted by Gasteiger charge is 2.17. The highest BCUT2D eigenvalue weighted by Crippen LogP contribution is 2.17. The van der Waals surface area contributed by atoms with E-state index in [1.54, 1.807) is 12.1 Å². The maximum Gasteiger partial charge on any atom is 0.316 e. The first-order valence-electron chi connectivity index (χ1n) is 6.84. The Kier molecular flexibility index (Phi) is 4.59. The number of carbonyl (C=O) groups excluding carboxylic acids is 2. The molecular formula is C15H20N4O2. The Labute approximate surface area is 123 Å². The van der Waals surface area contributed by atoms with Gasteiger partial charge in [0.2, 0.25) is 5.91 Å². The van der Waals surface area contributed by atoms with E-state index in [9.17, 15) is 9.59 Å². The zero-order chi connectivity index (χ0) is 15.4. The van der Waals surface area contributed by atoms with Gasteiger partial charge in [0.25, 0.3) is 0 Å². The molecule has 3 amide bonds. The maximum atomic E-state index is 12.1. The van der Waals surface area contributed by atoms with Crippen LogP contribution in [-0.4, -0.2) is 25.0 Å². The Morgan fingerprint density at radius 2 is 1.86 bits per heavy atom. The minimum atomic E-state index is -0.597. The van der Waals surface area contributed by atoms with Gasteiger partial charge in [0.05, 0.1) is 6.04 Å². The highest BCUT2D eigenvalue weighted by atomic mass is 16.2. The topological polar surface area (TPSA) is 96.2 Å². The summed E-state index contributed by atoms with van der Waals surface area (Å²) in [6, 6.07) is 6.50. The average Bonchev–Trinajstić information content (AvgIpc) is 2.36. The molecular weight excluding hydrogens is 268 g/mol. The molecule has 1 atom stereocenters. The van der Waals surface area contributed by atoms with Gasteiger partial charge in [-0.3, -0.25) is 4.79 Å². The van der Waals surface area contributed by atoms with Crippen molar-refractivity contribution >= 4 is 17.6 Å². The van der Waals surface area contributed by atoms with E-state index in [0.29, 0.717) is 5.69 Å². The summed E-state index contributed by atoms with van der Waals surface area (Å²) >= 11 is 0. The first-order chi connectivity index (χ1) is 9.97. The molecule has 5 N–H and O–H groups in total. The van der Waals surface area contributed by atoms with Crippen molar-refractivity contribution in [2.45, 2.75) is 19.9 Å². The van der Waals surface area contributed by atoms with E-state index in [-0.39, 0.29) is 11.9 Å². The van der Waals surface area contributed by atoms with E-state index in [1.165, 1.54) is 0 Å². The van der Waals surface area contributed by atoms with Crippen LogP contribution in [0, 0.1) is 0 Å². The summed E-state index contributed by atoms with van der Waals surface area (Å²) in [5.41, 5.74) is 8.58. The SMILES string of the molecule is CC(C(=O)NC(C)c1ccc(NC(N)=O)cc1)=C1CNC1. The third kappa shape index (κ3) is 3.82. The molecule has 0 aliphatic carbocycles. The fourth-order valence-corrected chi connectivity index (χ4v) is 2.06. The summed E-state index contributed by atoms with van der Waals surface area (Å²) in [5.74, 6) is -0.0432. The van der Waals surface area contributed by atoms with Crippen LogP contribution < -0.4 is 21.7 Å². The average molecular weight is 288 g/mol. The van der Waals surface area contributed by atoms with E-state index in [2.05, 4.69) is 16.0 Å². The molecule has 1 aliphatic heterocycles. The van der Waals surface area contributed by atoms with Crippen molar-refractivity contribution in [3.63, 3.8) is 0 Å². The molecule has 1 aliphatic rings. The zero-order valence-corrected chi connectivity index (χ0v) is 12.2. The number of carbonyl (C=O) groups is 2. The molecule has 1 aromatic rings. The van der Waals surface area contributed by atoms with Gasteiger partial charge in [-0.25, -0.2) is 4.79 Å². The first kappa shape index (κ1) is 15.1. The summed E-state index contributed by atoms with van der Waals surface area (Å²) in [6.45, 7) is 5.35. The lowest BCUT2D eigenvalue weighted by atomic mass is 10.0. The van der Waals surface area contributed by atoms with Crippen molar-refractivity contribution in [3.8, 4) is 0 Å². The summed E-state index contributed by atoms with van der Waals surface area (Å²) in [7, 11) is 0. The Hall–Kier alpha value is -2.34. The molecule has 1 aromatic carbocycles. The molecule has 1 heterocycles. The molecule has 6 heteroatoms. The minimum Gasteiger partial charge on any atom is -0.351 e. The number of amides is 3. The zero-order valence-electron chi connectivity index (χ0n) is 12.2.